The average Bonchev–Trinajstić information content (AvgIpc) is 2.54. The number of carbonyl (C=O) groups is 1. The lowest BCUT2D eigenvalue weighted by molar-refractivity contribution is -0.119. The van der Waals surface area contributed by atoms with Crippen molar-refractivity contribution in [1.82, 2.24) is 5.32 Å². The summed E-state index contributed by atoms with van der Waals surface area (Å²) in [5, 5.41) is 2.88. The lowest BCUT2D eigenvalue weighted by atomic mass is 10.1. The molecule has 1 amide bonds. The van der Waals surface area contributed by atoms with E-state index < -0.39 is 0 Å². The molecule has 0 spiro atoms. The smallest absolute Gasteiger partial charge is 0.239 e. The first-order valence-electron chi connectivity index (χ1n) is 7.79. The lowest BCUT2D eigenvalue weighted by Crippen LogP contribution is -2.37. The van der Waals surface area contributed by atoms with Crippen molar-refractivity contribution in [3.05, 3.63) is 59.7 Å². The minimum absolute atomic E-state index is 0.00920. The van der Waals surface area contributed by atoms with Crippen molar-refractivity contribution in [2.75, 3.05) is 31.6 Å². The van der Waals surface area contributed by atoms with Gasteiger partial charge in [0.1, 0.15) is 12.4 Å². The van der Waals surface area contributed by atoms with Gasteiger partial charge >= 0.3 is 0 Å². The number of nitrogens with zero attached hydrogens (tertiary/aromatic N) is 1. The predicted molar refractivity (Wildman–Crippen MR) is 94.1 cm³/mol. The van der Waals surface area contributed by atoms with E-state index in [0.29, 0.717) is 19.7 Å². The molecule has 23 heavy (non-hydrogen) atoms. The molecule has 2 aromatic carbocycles. The molecular formula is C19H24N2O2. The molecule has 0 aliphatic heterocycles. The van der Waals surface area contributed by atoms with Crippen molar-refractivity contribution in [2.45, 2.75) is 13.8 Å². The van der Waals surface area contributed by atoms with Crippen molar-refractivity contribution in [3.8, 4) is 5.75 Å². The first-order chi connectivity index (χ1) is 11.1. The zero-order chi connectivity index (χ0) is 16.7. The van der Waals surface area contributed by atoms with Gasteiger partial charge in [0.05, 0.1) is 13.1 Å². The Balaban J connectivity index is 1.75. The molecule has 0 radical (unpaired) electrons. The fraction of sp³-hybridized carbons (Fsp3) is 0.316. The van der Waals surface area contributed by atoms with Gasteiger partial charge in [0.2, 0.25) is 5.91 Å². The normalized spacial score (nSPS) is 10.2. The summed E-state index contributed by atoms with van der Waals surface area (Å²) in [7, 11) is 1.93. The van der Waals surface area contributed by atoms with Crippen molar-refractivity contribution < 1.29 is 9.53 Å². The van der Waals surface area contributed by atoms with E-state index in [-0.39, 0.29) is 5.91 Å². The van der Waals surface area contributed by atoms with Crippen LogP contribution in [0.15, 0.2) is 48.5 Å². The van der Waals surface area contributed by atoms with E-state index in [1.807, 2.05) is 42.3 Å². The molecule has 0 aliphatic rings. The van der Waals surface area contributed by atoms with Gasteiger partial charge in [0.25, 0.3) is 0 Å². The van der Waals surface area contributed by atoms with Crippen LogP contribution in [0.4, 0.5) is 5.69 Å². The highest BCUT2D eigenvalue weighted by Gasteiger charge is 2.09. The first-order valence-corrected chi connectivity index (χ1v) is 7.79. The molecule has 0 aromatic heterocycles. The lowest BCUT2D eigenvalue weighted by Gasteiger charge is -2.21. The second-order valence-electron chi connectivity index (χ2n) is 5.66. The summed E-state index contributed by atoms with van der Waals surface area (Å²) >= 11 is 0. The molecule has 0 fully saturated rings. The molecule has 0 atom stereocenters. The maximum absolute atomic E-state index is 12.0. The number of rotatable bonds is 7. The van der Waals surface area contributed by atoms with E-state index in [9.17, 15) is 4.79 Å². The van der Waals surface area contributed by atoms with Gasteiger partial charge in [-0.05, 0) is 43.2 Å². The van der Waals surface area contributed by atoms with Crippen LogP contribution in [0.3, 0.4) is 0 Å². The maximum atomic E-state index is 12.0. The number of para-hydroxylation sites is 1. The third-order valence-electron chi connectivity index (χ3n) is 3.59. The molecule has 0 saturated heterocycles. The molecule has 0 saturated carbocycles. The summed E-state index contributed by atoms with van der Waals surface area (Å²) in [5.74, 6) is 0.805. The third kappa shape index (κ3) is 5.33. The standard InChI is InChI=1S/C19H24N2O2/c1-15-9-10-16(2)18(13-15)21(3)14-19(22)20-11-12-23-17-7-5-4-6-8-17/h4-10,13H,11-12,14H2,1-3H3,(H,20,22). The summed E-state index contributed by atoms with van der Waals surface area (Å²) in [4.78, 5) is 14.0. The molecule has 2 rings (SSSR count). The maximum Gasteiger partial charge on any atom is 0.239 e. The van der Waals surface area contributed by atoms with E-state index in [2.05, 4.69) is 37.4 Å². The second kappa shape index (κ2) is 8.22. The number of benzene rings is 2. The molecule has 4 heteroatoms. The molecule has 1 N–H and O–H groups in total. The summed E-state index contributed by atoms with van der Waals surface area (Å²) < 4.78 is 5.55. The van der Waals surface area contributed by atoms with Crippen molar-refractivity contribution >= 4 is 11.6 Å². The van der Waals surface area contributed by atoms with E-state index in [1.165, 1.54) is 11.1 Å². The van der Waals surface area contributed by atoms with Crippen LogP contribution < -0.4 is 15.0 Å². The van der Waals surface area contributed by atoms with E-state index in [0.717, 1.165) is 11.4 Å². The summed E-state index contributed by atoms with van der Waals surface area (Å²) in [6.07, 6.45) is 0. The van der Waals surface area contributed by atoms with Gasteiger partial charge in [-0.3, -0.25) is 4.79 Å². The van der Waals surface area contributed by atoms with Crippen molar-refractivity contribution in [3.63, 3.8) is 0 Å². The van der Waals surface area contributed by atoms with Gasteiger partial charge in [-0.1, -0.05) is 30.3 Å². The molecule has 2 aromatic rings. The summed E-state index contributed by atoms with van der Waals surface area (Å²) in [5.41, 5.74) is 3.44. The van der Waals surface area contributed by atoms with Crippen LogP contribution in [0.1, 0.15) is 11.1 Å². The zero-order valence-electron chi connectivity index (χ0n) is 14.0. The van der Waals surface area contributed by atoms with Crippen LogP contribution in [0.5, 0.6) is 5.75 Å². The summed E-state index contributed by atoms with van der Waals surface area (Å²) in [6.45, 7) is 5.39. The molecule has 122 valence electrons. The topological polar surface area (TPSA) is 41.6 Å². The van der Waals surface area contributed by atoms with Gasteiger partial charge in [-0.2, -0.15) is 0 Å². The fourth-order valence-corrected chi connectivity index (χ4v) is 2.36. The number of ether oxygens (including phenoxy) is 1. The Morgan fingerprint density at radius 2 is 1.87 bits per heavy atom. The average molecular weight is 312 g/mol. The van der Waals surface area contributed by atoms with Crippen molar-refractivity contribution in [2.24, 2.45) is 0 Å². The van der Waals surface area contributed by atoms with Crippen LogP contribution in [0.2, 0.25) is 0 Å². The number of anilines is 1. The SMILES string of the molecule is Cc1ccc(C)c(N(C)CC(=O)NCCOc2ccccc2)c1. The van der Waals surface area contributed by atoms with E-state index in [4.69, 9.17) is 4.74 Å². The zero-order valence-corrected chi connectivity index (χ0v) is 14.0. The van der Waals surface area contributed by atoms with E-state index >= 15 is 0 Å². The first kappa shape index (κ1) is 16.9. The monoisotopic (exact) mass is 312 g/mol. The van der Waals surface area contributed by atoms with Crippen LogP contribution in [0, 0.1) is 13.8 Å². The Morgan fingerprint density at radius 1 is 1.13 bits per heavy atom. The Morgan fingerprint density at radius 3 is 2.61 bits per heavy atom. The molecule has 0 unspecified atom stereocenters. The highest BCUT2D eigenvalue weighted by Crippen LogP contribution is 2.19. The van der Waals surface area contributed by atoms with Crippen LogP contribution in [0.25, 0.3) is 0 Å². The van der Waals surface area contributed by atoms with Crippen LogP contribution in [-0.2, 0) is 4.79 Å². The molecule has 0 bridgehead atoms. The highest BCUT2D eigenvalue weighted by atomic mass is 16.5. The summed E-state index contributed by atoms with van der Waals surface area (Å²) in [6, 6.07) is 15.8. The molecule has 4 nitrogen and oxygen atoms in total. The number of carbonyl (C=O) groups excluding carboxylic acids is 1. The largest absolute Gasteiger partial charge is 0.492 e. The second-order valence-corrected chi connectivity index (χ2v) is 5.66. The quantitative estimate of drug-likeness (QED) is 0.799. The van der Waals surface area contributed by atoms with Crippen LogP contribution in [-0.4, -0.2) is 32.7 Å². The molecular weight excluding hydrogens is 288 g/mol. The fourth-order valence-electron chi connectivity index (χ4n) is 2.36. The molecule has 0 aliphatic carbocycles. The highest BCUT2D eigenvalue weighted by molar-refractivity contribution is 5.81. The van der Waals surface area contributed by atoms with E-state index in [1.54, 1.807) is 0 Å². The van der Waals surface area contributed by atoms with Crippen LogP contribution >= 0.6 is 0 Å². The van der Waals surface area contributed by atoms with Gasteiger partial charge in [-0.25, -0.2) is 0 Å². The number of nitrogens with one attached hydrogen (secondary N) is 1. The number of hydrogen-bond donors (Lipinski definition) is 1. The van der Waals surface area contributed by atoms with Gasteiger partial charge in [-0.15, -0.1) is 0 Å². The Hall–Kier alpha value is -2.49. The number of amides is 1. The van der Waals surface area contributed by atoms with Gasteiger partial charge in [0.15, 0.2) is 0 Å². The Labute approximate surface area is 138 Å². The predicted octanol–water partition coefficient (Wildman–Crippen LogP) is 2.93. The number of aryl methyl sites for hydroxylation is 2. The minimum Gasteiger partial charge on any atom is -0.492 e. The third-order valence-corrected chi connectivity index (χ3v) is 3.59. The number of likely N-dealkylation sites (N-methyl/N-ethyl adjacent to an activating group) is 1. The molecule has 0 heterocycles. The van der Waals surface area contributed by atoms with Gasteiger partial charge in [0, 0.05) is 12.7 Å². The minimum atomic E-state index is -0.00920. The Bertz CT molecular complexity index is 641. The van der Waals surface area contributed by atoms with Crippen molar-refractivity contribution in [1.29, 1.82) is 0 Å². The Kier molecular flexibility index (Phi) is 6.03. The van der Waals surface area contributed by atoms with Gasteiger partial charge < -0.3 is 15.0 Å². The number of hydrogen-bond acceptors (Lipinski definition) is 3.